The van der Waals surface area contributed by atoms with Gasteiger partial charge < -0.3 is 15.5 Å². The third kappa shape index (κ3) is 3.13. The van der Waals surface area contributed by atoms with Crippen molar-refractivity contribution in [2.75, 3.05) is 13.6 Å². The minimum atomic E-state index is -2.98. The average molecular weight is 389 g/mol. The zero-order valence-corrected chi connectivity index (χ0v) is 15.5. The second kappa shape index (κ2) is 7.13. The Labute approximate surface area is 161 Å². The summed E-state index contributed by atoms with van der Waals surface area (Å²) in [4.78, 5) is 14.5. The maximum absolute atomic E-state index is 14.2. The van der Waals surface area contributed by atoms with Crippen LogP contribution in [0.25, 0.3) is 0 Å². The largest absolute Gasteiger partial charge is 0.329 e. The topological polar surface area (TPSA) is 44.4 Å². The van der Waals surface area contributed by atoms with Crippen LogP contribution in [0.4, 0.5) is 18.0 Å². The van der Waals surface area contributed by atoms with Gasteiger partial charge in [0, 0.05) is 6.54 Å². The summed E-state index contributed by atoms with van der Waals surface area (Å²) in [6.07, 6.45) is 0.822. The van der Waals surface area contributed by atoms with Crippen LogP contribution in [0, 0.1) is 5.82 Å². The lowest BCUT2D eigenvalue weighted by Gasteiger charge is -2.46. The lowest BCUT2D eigenvalue weighted by Crippen LogP contribution is -2.69. The van der Waals surface area contributed by atoms with Crippen LogP contribution in [-0.4, -0.2) is 42.5 Å². The van der Waals surface area contributed by atoms with E-state index in [1.54, 1.807) is 17.0 Å². The van der Waals surface area contributed by atoms with Crippen LogP contribution in [0.2, 0.25) is 0 Å². The highest BCUT2D eigenvalue weighted by Crippen LogP contribution is 2.39. The van der Waals surface area contributed by atoms with Gasteiger partial charge in [0.05, 0.1) is 18.1 Å². The van der Waals surface area contributed by atoms with E-state index in [4.69, 9.17) is 0 Å². The third-order valence-corrected chi connectivity index (χ3v) is 5.78. The SMILES string of the molecule is CN[C@H]1C[C@H](NC(=O)N2CCc3ccccc3[C@@H]2c2ccc(F)cc2)C1(F)F. The number of fused-ring (bicyclic) bond motifs is 1. The van der Waals surface area contributed by atoms with Gasteiger partial charge in [-0.2, -0.15) is 0 Å². The monoisotopic (exact) mass is 389 g/mol. The zero-order chi connectivity index (χ0) is 19.9. The smallest absolute Gasteiger partial charge is 0.318 e. The molecule has 28 heavy (non-hydrogen) atoms. The molecule has 7 heteroatoms. The first kappa shape index (κ1) is 18.8. The summed E-state index contributed by atoms with van der Waals surface area (Å²) in [5.74, 6) is -3.35. The molecule has 1 aliphatic heterocycles. The van der Waals surface area contributed by atoms with E-state index < -0.39 is 30.1 Å². The molecule has 0 radical (unpaired) electrons. The molecule has 2 aliphatic rings. The Hall–Kier alpha value is -2.54. The van der Waals surface area contributed by atoms with Crippen molar-refractivity contribution < 1.29 is 18.0 Å². The average Bonchev–Trinajstić information content (AvgIpc) is 2.70. The van der Waals surface area contributed by atoms with Crippen molar-refractivity contribution >= 4 is 6.03 Å². The van der Waals surface area contributed by atoms with E-state index in [9.17, 15) is 18.0 Å². The van der Waals surface area contributed by atoms with Crippen molar-refractivity contribution in [2.45, 2.75) is 36.9 Å². The fourth-order valence-corrected chi connectivity index (χ4v) is 4.12. The van der Waals surface area contributed by atoms with Gasteiger partial charge in [-0.1, -0.05) is 36.4 Å². The normalized spacial score (nSPS) is 25.6. The highest BCUT2D eigenvalue weighted by Gasteiger charge is 2.58. The first-order valence-corrected chi connectivity index (χ1v) is 9.37. The van der Waals surface area contributed by atoms with Crippen LogP contribution >= 0.6 is 0 Å². The molecule has 0 unspecified atom stereocenters. The third-order valence-electron chi connectivity index (χ3n) is 5.78. The van der Waals surface area contributed by atoms with E-state index in [0.29, 0.717) is 13.0 Å². The Morgan fingerprint density at radius 2 is 1.82 bits per heavy atom. The molecule has 2 aromatic rings. The summed E-state index contributed by atoms with van der Waals surface area (Å²) < 4.78 is 41.7. The van der Waals surface area contributed by atoms with Crippen molar-refractivity contribution in [3.8, 4) is 0 Å². The van der Waals surface area contributed by atoms with Crippen LogP contribution in [0.3, 0.4) is 0 Å². The Morgan fingerprint density at radius 3 is 2.50 bits per heavy atom. The van der Waals surface area contributed by atoms with Crippen molar-refractivity contribution in [2.24, 2.45) is 0 Å². The molecule has 0 aromatic heterocycles. The molecule has 4 nitrogen and oxygen atoms in total. The van der Waals surface area contributed by atoms with Crippen LogP contribution in [-0.2, 0) is 6.42 Å². The molecular weight excluding hydrogens is 367 g/mol. The molecule has 0 spiro atoms. The Bertz CT molecular complexity index is 871. The quantitative estimate of drug-likeness (QED) is 0.844. The van der Waals surface area contributed by atoms with E-state index in [2.05, 4.69) is 10.6 Å². The van der Waals surface area contributed by atoms with E-state index in [1.807, 2.05) is 24.3 Å². The summed E-state index contributed by atoms with van der Waals surface area (Å²) in [5, 5.41) is 5.08. The van der Waals surface area contributed by atoms with Gasteiger partial charge in [0.1, 0.15) is 5.82 Å². The summed E-state index contributed by atoms with van der Waals surface area (Å²) in [5.41, 5.74) is 2.78. The van der Waals surface area contributed by atoms with Gasteiger partial charge in [-0.3, -0.25) is 0 Å². The maximum Gasteiger partial charge on any atom is 0.318 e. The molecule has 148 valence electrons. The van der Waals surface area contributed by atoms with Crippen LogP contribution in [0.15, 0.2) is 48.5 Å². The predicted molar refractivity (Wildman–Crippen MR) is 99.8 cm³/mol. The number of carbonyl (C=O) groups is 1. The minimum Gasteiger partial charge on any atom is -0.329 e. The van der Waals surface area contributed by atoms with Crippen molar-refractivity contribution in [1.82, 2.24) is 15.5 Å². The van der Waals surface area contributed by atoms with Crippen LogP contribution in [0.5, 0.6) is 0 Å². The Kier molecular flexibility index (Phi) is 4.79. The molecule has 3 atom stereocenters. The molecule has 1 heterocycles. The van der Waals surface area contributed by atoms with Crippen molar-refractivity contribution in [3.63, 3.8) is 0 Å². The highest BCUT2D eigenvalue weighted by molar-refractivity contribution is 5.76. The van der Waals surface area contributed by atoms with E-state index in [1.165, 1.54) is 19.2 Å². The Morgan fingerprint density at radius 1 is 1.11 bits per heavy atom. The van der Waals surface area contributed by atoms with Gasteiger partial charge in [0.15, 0.2) is 0 Å². The van der Waals surface area contributed by atoms with Crippen LogP contribution < -0.4 is 10.6 Å². The molecular formula is C21H22F3N3O. The number of hydrogen-bond acceptors (Lipinski definition) is 2. The molecule has 2 amide bonds. The number of amides is 2. The molecule has 1 fully saturated rings. The lowest BCUT2D eigenvalue weighted by atomic mass is 9.82. The van der Waals surface area contributed by atoms with Gasteiger partial charge in [-0.15, -0.1) is 0 Å². The number of nitrogens with one attached hydrogen (secondary N) is 2. The molecule has 0 bridgehead atoms. The van der Waals surface area contributed by atoms with Crippen molar-refractivity contribution in [3.05, 3.63) is 71.0 Å². The van der Waals surface area contributed by atoms with E-state index in [-0.39, 0.29) is 12.2 Å². The second-order valence-corrected chi connectivity index (χ2v) is 7.35. The van der Waals surface area contributed by atoms with Gasteiger partial charge in [-0.25, -0.2) is 18.0 Å². The zero-order valence-electron chi connectivity index (χ0n) is 15.5. The molecule has 1 saturated carbocycles. The summed E-state index contributed by atoms with van der Waals surface area (Å²) >= 11 is 0. The number of nitrogens with zero attached hydrogens (tertiary/aromatic N) is 1. The number of hydrogen-bond donors (Lipinski definition) is 2. The van der Waals surface area contributed by atoms with Gasteiger partial charge in [0.2, 0.25) is 0 Å². The molecule has 2 N–H and O–H groups in total. The predicted octanol–water partition coefficient (Wildman–Crippen LogP) is 3.48. The van der Waals surface area contributed by atoms with E-state index >= 15 is 0 Å². The maximum atomic E-state index is 14.2. The number of benzene rings is 2. The number of alkyl halides is 2. The van der Waals surface area contributed by atoms with Crippen LogP contribution in [0.1, 0.15) is 29.2 Å². The minimum absolute atomic E-state index is 0.181. The number of rotatable bonds is 3. The fourth-order valence-electron chi connectivity index (χ4n) is 4.12. The fraction of sp³-hybridized carbons (Fsp3) is 0.381. The van der Waals surface area contributed by atoms with Gasteiger partial charge in [0.25, 0.3) is 5.92 Å². The number of urea groups is 1. The first-order chi connectivity index (χ1) is 13.4. The summed E-state index contributed by atoms with van der Waals surface area (Å²) in [6.45, 7) is 0.401. The summed E-state index contributed by atoms with van der Waals surface area (Å²) in [6, 6.07) is 10.6. The van der Waals surface area contributed by atoms with Gasteiger partial charge in [-0.05, 0) is 48.7 Å². The number of halogens is 3. The molecule has 4 rings (SSSR count). The van der Waals surface area contributed by atoms with Crippen molar-refractivity contribution in [1.29, 1.82) is 0 Å². The van der Waals surface area contributed by atoms with E-state index in [0.717, 1.165) is 16.7 Å². The number of carbonyl (C=O) groups excluding carboxylic acids is 1. The molecule has 1 aliphatic carbocycles. The first-order valence-electron chi connectivity index (χ1n) is 9.37. The standard InChI is InChI=1S/C21H22F3N3O/c1-25-17-12-18(21(17,23)24)26-20(28)27-11-10-13-4-2-3-5-16(13)19(27)14-6-8-15(22)9-7-14/h2-9,17-19,25H,10-12H2,1H3,(H,26,28)/t17-,18-,19-/m0/s1. The second-order valence-electron chi connectivity index (χ2n) is 7.35. The Balaban J connectivity index is 1.62. The lowest BCUT2D eigenvalue weighted by molar-refractivity contribution is -0.131. The molecule has 2 aromatic carbocycles. The highest BCUT2D eigenvalue weighted by atomic mass is 19.3. The summed E-state index contributed by atoms with van der Waals surface area (Å²) in [7, 11) is 1.49. The molecule has 0 saturated heterocycles. The van der Waals surface area contributed by atoms with Gasteiger partial charge >= 0.3 is 6.03 Å².